The van der Waals surface area contributed by atoms with Crippen LogP contribution in [0.1, 0.15) is 31.2 Å². The van der Waals surface area contributed by atoms with Gasteiger partial charge in [0.15, 0.2) is 0 Å². The molecule has 2 saturated heterocycles. The highest BCUT2D eigenvalue weighted by atomic mass is 16.2. The van der Waals surface area contributed by atoms with E-state index in [1.54, 1.807) is 0 Å². The van der Waals surface area contributed by atoms with E-state index in [9.17, 15) is 9.59 Å². The molecule has 4 rings (SSSR count). The van der Waals surface area contributed by atoms with Crippen LogP contribution in [0.2, 0.25) is 0 Å². The van der Waals surface area contributed by atoms with Crippen LogP contribution in [0.5, 0.6) is 0 Å². The molecule has 24 heavy (non-hydrogen) atoms. The van der Waals surface area contributed by atoms with Crippen LogP contribution < -0.4 is 5.32 Å². The van der Waals surface area contributed by atoms with Gasteiger partial charge in [0, 0.05) is 32.2 Å². The molecule has 1 N–H and O–H groups in total. The Morgan fingerprint density at radius 3 is 2.67 bits per heavy atom. The molecule has 1 aromatic rings. The zero-order valence-electron chi connectivity index (χ0n) is 14.0. The average Bonchev–Trinajstić information content (AvgIpc) is 3.44. The Balaban J connectivity index is 1.48. The van der Waals surface area contributed by atoms with E-state index in [1.807, 2.05) is 28.0 Å². The summed E-state index contributed by atoms with van der Waals surface area (Å²) in [5.41, 5.74) is 0.853. The van der Waals surface area contributed by atoms with Gasteiger partial charge in [0.1, 0.15) is 0 Å². The van der Waals surface area contributed by atoms with Crippen LogP contribution in [0.4, 0.5) is 0 Å². The van der Waals surface area contributed by atoms with Crippen molar-refractivity contribution in [3.63, 3.8) is 0 Å². The molecular weight excluding hydrogens is 302 g/mol. The molecular formula is C19H25N3O2. The summed E-state index contributed by atoms with van der Waals surface area (Å²) in [5.74, 6) is 0.436. The second-order valence-corrected chi connectivity index (χ2v) is 7.26. The predicted octanol–water partition coefficient (Wildman–Crippen LogP) is 1.14. The fourth-order valence-corrected chi connectivity index (χ4v) is 4.21. The van der Waals surface area contributed by atoms with Crippen LogP contribution in [0, 0.1) is 0 Å². The number of nitrogens with zero attached hydrogens (tertiary/aromatic N) is 2. The summed E-state index contributed by atoms with van der Waals surface area (Å²) >= 11 is 0. The molecule has 5 heteroatoms. The molecule has 128 valence electrons. The number of hydrogen-bond donors (Lipinski definition) is 1. The first-order valence-electron chi connectivity index (χ1n) is 9.06. The molecule has 0 aromatic heterocycles. The van der Waals surface area contributed by atoms with Gasteiger partial charge >= 0.3 is 0 Å². The topological polar surface area (TPSA) is 52.7 Å². The minimum absolute atomic E-state index is 0.171. The van der Waals surface area contributed by atoms with Crippen molar-refractivity contribution >= 4 is 11.8 Å². The predicted molar refractivity (Wildman–Crippen MR) is 91.5 cm³/mol. The van der Waals surface area contributed by atoms with Crippen molar-refractivity contribution in [1.29, 1.82) is 0 Å². The third-order valence-electron chi connectivity index (χ3n) is 5.74. The van der Waals surface area contributed by atoms with Crippen molar-refractivity contribution in [2.24, 2.45) is 0 Å². The van der Waals surface area contributed by atoms with Crippen LogP contribution in [-0.2, 0) is 15.0 Å². The zero-order valence-corrected chi connectivity index (χ0v) is 14.0. The number of amides is 2. The monoisotopic (exact) mass is 327 g/mol. The van der Waals surface area contributed by atoms with Gasteiger partial charge in [-0.05, 0) is 31.2 Å². The Morgan fingerprint density at radius 1 is 1.17 bits per heavy atom. The van der Waals surface area contributed by atoms with Crippen LogP contribution in [0.15, 0.2) is 30.3 Å². The highest BCUT2D eigenvalue weighted by molar-refractivity contribution is 5.91. The minimum Gasteiger partial charge on any atom is -0.340 e. The number of nitrogens with one attached hydrogen (secondary N) is 1. The standard InChI is InChI=1S/C19H25N3O2/c23-17-13-20-10-12-22(17)16-7-4-11-21(14-16)18(24)19(8-9-19)15-5-2-1-3-6-15/h1-3,5-6,16,20H,4,7-14H2. The fourth-order valence-electron chi connectivity index (χ4n) is 4.21. The van der Waals surface area contributed by atoms with E-state index in [0.29, 0.717) is 13.1 Å². The molecule has 3 aliphatic rings. The molecule has 3 fully saturated rings. The third kappa shape index (κ3) is 2.71. The summed E-state index contributed by atoms with van der Waals surface area (Å²) in [4.78, 5) is 29.4. The van der Waals surface area contributed by atoms with Crippen molar-refractivity contribution in [1.82, 2.24) is 15.1 Å². The molecule has 5 nitrogen and oxygen atoms in total. The third-order valence-corrected chi connectivity index (χ3v) is 5.74. The van der Waals surface area contributed by atoms with E-state index >= 15 is 0 Å². The molecule has 2 heterocycles. The quantitative estimate of drug-likeness (QED) is 0.906. The SMILES string of the molecule is O=C1CNCCN1C1CCCN(C(=O)C2(c3ccccc3)CC2)C1. The van der Waals surface area contributed by atoms with Crippen LogP contribution in [0.25, 0.3) is 0 Å². The van der Waals surface area contributed by atoms with Gasteiger partial charge in [-0.2, -0.15) is 0 Å². The highest BCUT2D eigenvalue weighted by Gasteiger charge is 2.53. The smallest absolute Gasteiger partial charge is 0.236 e. The van der Waals surface area contributed by atoms with Crippen molar-refractivity contribution < 1.29 is 9.59 Å². The molecule has 1 atom stereocenters. The van der Waals surface area contributed by atoms with E-state index < -0.39 is 0 Å². The van der Waals surface area contributed by atoms with Crippen molar-refractivity contribution in [3.8, 4) is 0 Å². The van der Waals surface area contributed by atoms with E-state index in [0.717, 1.165) is 50.9 Å². The first kappa shape index (κ1) is 15.6. The number of piperidine rings is 1. The largest absolute Gasteiger partial charge is 0.340 e. The molecule has 1 saturated carbocycles. The Kier molecular flexibility index (Phi) is 4.04. The summed E-state index contributed by atoms with van der Waals surface area (Å²) in [6.45, 7) is 3.56. The van der Waals surface area contributed by atoms with E-state index in [-0.39, 0.29) is 23.3 Å². The molecule has 2 aliphatic heterocycles. The number of rotatable bonds is 3. The van der Waals surface area contributed by atoms with E-state index in [2.05, 4.69) is 17.4 Å². The maximum atomic E-state index is 13.2. The normalized spacial score (nSPS) is 26.3. The van der Waals surface area contributed by atoms with Gasteiger partial charge < -0.3 is 15.1 Å². The van der Waals surface area contributed by atoms with Crippen molar-refractivity contribution in [3.05, 3.63) is 35.9 Å². The van der Waals surface area contributed by atoms with Gasteiger partial charge in [-0.1, -0.05) is 30.3 Å². The van der Waals surface area contributed by atoms with Gasteiger partial charge in [-0.15, -0.1) is 0 Å². The summed E-state index contributed by atoms with van der Waals surface area (Å²) in [5, 5.41) is 3.12. The van der Waals surface area contributed by atoms with Gasteiger partial charge in [0.2, 0.25) is 11.8 Å². The molecule has 1 aliphatic carbocycles. The van der Waals surface area contributed by atoms with E-state index in [4.69, 9.17) is 0 Å². The molecule has 1 unspecified atom stereocenters. The maximum absolute atomic E-state index is 13.2. The van der Waals surface area contributed by atoms with Crippen LogP contribution >= 0.6 is 0 Å². The van der Waals surface area contributed by atoms with Crippen molar-refractivity contribution in [2.45, 2.75) is 37.1 Å². The van der Waals surface area contributed by atoms with E-state index in [1.165, 1.54) is 0 Å². The lowest BCUT2D eigenvalue weighted by Crippen LogP contribution is -2.58. The molecule has 2 amide bonds. The number of benzene rings is 1. The number of piperazine rings is 1. The van der Waals surface area contributed by atoms with Gasteiger partial charge in [0.05, 0.1) is 12.0 Å². The van der Waals surface area contributed by atoms with Crippen LogP contribution in [-0.4, -0.2) is 60.4 Å². The lowest BCUT2D eigenvalue weighted by Gasteiger charge is -2.42. The van der Waals surface area contributed by atoms with Gasteiger partial charge in [-0.3, -0.25) is 9.59 Å². The Bertz CT molecular complexity index is 627. The summed E-state index contributed by atoms with van der Waals surface area (Å²) in [6.07, 6.45) is 3.89. The lowest BCUT2D eigenvalue weighted by atomic mass is 9.92. The first-order chi connectivity index (χ1) is 11.7. The lowest BCUT2D eigenvalue weighted by molar-refractivity contribution is -0.141. The molecule has 0 bridgehead atoms. The van der Waals surface area contributed by atoms with Gasteiger partial charge in [0.25, 0.3) is 0 Å². The first-order valence-corrected chi connectivity index (χ1v) is 9.06. The second-order valence-electron chi connectivity index (χ2n) is 7.26. The summed E-state index contributed by atoms with van der Waals surface area (Å²) in [6, 6.07) is 10.4. The zero-order chi connectivity index (χ0) is 16.6. The average molecular weight is 327 g/mol. The molecule has 0 spiro atoms. The Morgan fingerprint density at radius 2 is 1.96 bits per heavy atom. The van der Waals surface area contributed by atoms with Crippen molar-refractivity contribution in [2.75, 3.05) is 32.7 Å². The Hall–Kier alpha value is -1.88. The maximum Gasteiger partial charge on any atom is 0.236 e. The summed E-state index contributed by atoms with van der Waals surface area (Å²) < 4.78 is 0. The highest BCUT2D eigenvalue weighted by Crippen LogP contribution is 2.49. The number of carbonyl (C=O) groups excluding carboxylic acids is 2. The Labute approximate surface area is 143 Å². The number of carbonyl (C=O) groups is 2. The van der Waals surface area contributed by atoms with Crippen LogP contribution in [0.3, 0.4) is 0 Å². The number of hydrogen-bond acceptors (Lipinski definition) is 3. The summed E-state index contributed by atoms with van der Waals surface area (Å²) in [7, 11) is 0. The number of likely N-dealkylation sites (tertiary alicyclic amines) is 1. The fraction of sp³-hybridized carbons (Fsp3) is 0.579. The molecule has 0 radical (unpaired) electrons. The second kappa shape index (κ2) is 6.20. The van der Waals surface area contributed by atoms with Gasteiger partial charge in [-0.25, -0.2) is 0 Å². The molecule has 1 aromatic carbocycles. The minimum atomic E-state index is -0.295.